The van der Waals surface area contributed by atoms with E-state index in [1.807, 2.05) is 0 Å². The van der Waals surface area contributed by atoms with E-state index < -0.39 is 0 Å². The summed E-state index contributed by atoms with van der Waals surface area (Å²) in [6.07, 6.45) is 5.06. The van der Waals surface area contributed by atoms with E-state index in [0.29, 0.717) is 31.0 Å². The summed E-state index contributed by atoms with van der Waals surface area (Å²) in [6, 6.07) is 4.69. The van der Waals surface area contributed by atoms with Gasteiger partial charge in [-0.2, -0.15) is 0 Å². The molecule has 0 unspecified atom stereocenters. The zero-order valence-electron chi connectivity index (χ0n) is 8.72. The number of benzene rings is 1. The molecule has 1 aromatic carbocycles. The number of ether oxygens (including phenoxy) is 1. The molecule has 0 aromatic heterocycles. The Balaban J connectivity index is 2.32. The van der Waals surface area contributed by atoms with E-state index in [0.717, 1.165) is 0 Å². The predicted molar refractivity (Wildman–Crippen MR) is 58.3 cm³/mol. The molecule has 2 nitrogen and oxygen atoms in total. The lowest BCUT2D eigenvalue weighted by Crippen LogP contribution is -2.21. The standard InChI is InChI=1S/C12H14FNO/c1-3-6-14-7-8-15-11-4-5-12(13)10(2)9-11/h1,4-5,9,14H,6-8H2,2H3. The van der Waals surface area contributed by atoms with Gasteiger partial charge in [0.2, 0.25) is 0 Å². The van der Waals surface area contributed by atoms with Crippen molar-refractivity contribution in [3.8, 4) is 18.1 Å². The van der Waals surface area contributed by atoms with Gasteiger partial charge in [-0.1, -0.05) is 5.92 Å². The maximum atomic E-state index is 12.9. The van der Waals surface area contributed by atoms with Gasteiger partial charge in [0.15, 0.2) is 0 Å². The van der Waals surface area contributed by atoms with Crippen molar-refractivity contribution in [1.29, 1.82) is 0 Å². The van der Waals surface area contributed by atoms with Gasteiger partial charge in [0.05, 0.1) is 6.54 Å². The molecule has 0 radical (unpaired) electrons. The van der Waals surface area contributed by atoms with Crippen LogP contribution in [-0.4, -0.2) is 19.7 Å². The van der Waals surface area contributed by atoms with Crippen LogP contribution in [0.3, 0.4) is 0 Å². The third kappa shape index (κ3) is 4.01. The van der Waals surface area contributed by atoms with Crippen LogP contribution in [0.2, 0.25) is 0 Å². The van der Waals surface area contributed by atoms with Gasteiger partial charge in [0.25, 0.3) is 0 Å². The Bertz CT molecular complexity index is 357. The molecule has 0 amide bonds. The summed E-state index contributed by atoms with van der Waals surface area (Å²) < 4.78 is 18.3. The zero-order valence-corrected chi connectivity index (χ0v) is 8.72. The van der Waals surface area contributed by atoms with Gasteiger partial charge in [-0.3, -0.25) is 0 Å². The van der Waals surface area contributed by atoms with Gasteiger partial charge in [-0.15, -0.1) is 6.42 Å². The smallest absolute Gasteiger partial charge is 0.126 e. The van der Waals surface area contributed by atoms with Crippen molar-refractivity contribution in [2.45, 2.75) is 6.92 Å². The topological polar surface area (TPSA) is 21.3 Å². The Morgan fingerprint density at radius 3 is 3.00 bits per heavy atom. The quantitative estimate of drug-likeness (QED) is 0.586. The van der Waals surface area contributed by atoms with Gasteiger partial charge in [0.1, 0.15) is 18.2 Å². The molecular formula is C12H14FNO. The second-order valence-corrected chi connectivity index (χ2v) is 3.14. The number of terminal acetylenes is 1. The number of nitrogens with one attached hydrogen (secondary N) is 1. The Kier molecular flexibility index (Phi) is 4.65. The minimum atomic E-state index is -0.215. The highest BCUT2D eigenvalue weighted by molar-refractivity contribution is 5.28. The Morgan fingerprint density at radius 2 is 2.33 bits per heavy atom. The average Bonchev–Trinajstić information content (AvgIpc) is 2.23. The van der Waals surface area contributed by atoms with Gasteiger partial charge < -0.3 is 10.1 Å². The third-order valence-electron chi connectivity index (χ3n) is 1.90. The molecule has 3 heteroatoms. The van der Waals surface area contributed by atoms with Crippen LogP contribution < -0.4 is 10.1 Å². The number of rotatable bonds is 5. The van der Waals surface area contributed by atoms with E-state index in [4.69, 9.17) is 11.2 Å². The minimum Gasteiger partial charge on any atom is -0.492 e. The molecule has 0 saturated heterocycles. The number of hydrogen-bond acceptors (Lipinski definition) is 2. The Morgan fingerprint density at radius 1 is 1.53 bits per heavy atom. The first-order valence-electron chi connectivity index (χ1n) is 4.77. The highest BCUT2D eigenvalue weighted by Gasteiger charge is 1.98. The van der Waals surface area contributed by atoms with E-state index in [9.17, 15) is 4.39 Å². The molecule has 0 fully saturated rings. The average molecular weight is 207 g/mol. The second kappa shape index (κ2) is 6.05. The van der Waals surface area contributed by atoms with Crippen LogP contribution in [0.5, 0.6) is 5.75 Å². The van der Waals surface area contributed by atoms with Crippen molar-refractivity contribution < 1.29 is 9.13 Å². The maximum absolute atomic E-state index is 12.9. The molecule has 0 aliphatic rings. The summed E-state index contributed by atoms with van der Waals surface area (Å²) in [5, 5.41) is 3.00. The molecule has 0 aliphatic heterocycles. The monoisotopic (exact) mass is 207 g/mol. The number of hydrogen-bond donors (Lipinski definition) is 1. The predicted octanol–water partition coefficient (Wildman–Crippen LogP) is 1.74. The third-order valence-corrected chi connectivity index (χ3v) is 1.90. The van der Waals surface area contributed by atoms with Crippen molar-refractivity contribution in [2.24, 2.45) is 0 Å². The summed E-state index contributed by atoms with van der Waals surface area (Å²) in [5.74, 6) is 2.93. The molecule has 0 bridgehead atoms. The van der Waals surface area contributed by atoms with Gasteiger partial charge in [0, 0.05) is 6.54 Å². The highest BCUT2D eigenvalue weighted by atomic mass is 19.1. The normalized spacial score (nSPS) is 9.67. The molecule has 0 spiro atoms. The van der Waals surface area contributed by atoms with Crippen LogP contribution >= 0.6 is 0 Å². The second-order valence-electron chi connectivity index (χ2n) is 3.14. The van der Waals surface area contributed by atoms with E-state index in [2.05, 4.69) is 11.2 Å². The fourth-order valence-electron chi connectivity index (χ4n) is 1.11. The first-order valence-corrected chi connectivity index (χ1v) is 4.77. The van der Waals surface area contributed by atoms with E-state index in [1.165, 1.54) is 6.07 Å². The Labute approximate surface area is 89.4 Å². The summed E-state index contributed by atoms with van der Waals surface area (Å²) in [5.41, 5.74) is 0.587. The van der Waals surface area contributed by atoms with Crippen molar-refractivity contribution in [2.75, 3.05) is 19.7 Å². The fourth-order valence-corrected chi connectivity index (χ4v) is 1.11. The highest BCUT2D eigenvalue weighted by Crippen LogP contribution is 2.15. The van der Waals surface area contributed by atoms with E-state index in [-0.39, 0.29) is 5.82 Å². The maximum Gasteiger partial charge on any atom is 0.126 e. The van der Waals surface area contributed by atoms with E-state index >= 15 is 0 Å². The van der Waals surface area contributed by atoms with E-state index in [1.54, 1.807) is 19.1 Å². The van der Waals surface area contributed by atoms with Gasteiger partial charge >= 0.3 is 0 Å². The zero-order chi connectivity index (χ0) is 11.1. The lowest BCUT2D eigenvalue weighted by atomic mass is 10.2. The van der Waals surface area contributed by atoms with Gasteiger partial charge in [-0.25, -0.2) is 4.39 Å². The molecule has 0 heterocycles. The minimum absolute atomic E-state index is 0.215. The first kappa shape index (κ1) is 11.5. The Hall–Kier alpha value is -1.53. The molecule has 1 aromatic rings. The largest absolute Gasteiger partial charge is 0.492 e. The number of halogens is 1. The fraction of sp³-hybridized carbons (Fsp3) is 0.333. The summed E-state index contributed by atoms with van der Waals surface area (Å²) in [4.78, 5) is 0. The number of aryl methyl sites for hydroxylation is 1. The van der Waals surface area contributed by atoms with Crippen LogP contribution in [0.1, 0.15) is 5.56 Å². The van der Waals surface area contributed by atoms with Crippen LogP contribution in [0.4, 0.5) is 4.39 Å². The molecule has 0 atom stereocenters. The molecule has 15 heavy (non-hydrogen) atoms. The van der Waals surface area contributed by atoms with Crippen LogP contribution in [0.15, 0.2) is 18.2 Å². The van der Waals surface area contributed by atoms with Gasteiger partial charge in [-0.05, 0) is 30.7 Å². The lowest BCUT2D eigenvalue weighted by molar-refractivity contribution is 0.316. The van der Waals surface area contributed by atoms with Crippen molar-refractivity contribution in [3.63, 3.8) is 0 Å². The molecule has 0 aliphatic carbocycles. The summed E-state index contributed by atoms with van der Waals surface area (Å²) >= 11 is 0. The first-order chi connectivity index (χ1) is 7.24. The van der Waals surface area contributed by atoms with Crippen LogP contribution in [0, 0.1) is 25.1 Å². The molecule has 0 saturated carbocycles. The van der Waals surface area contributed by atoms with Crippen LogP contribution in [-0.2, 0) is 0 Å². The molecule has 1 N–H and O–H groups in total. The lowest BCUT2D eigenvalue weighted by Gasteiger charge is -2.07. The van der Waals surface area contributed by atoms with Crippen molar-refractivity contribution in [1.82, 2.24) is 5.32 Å². The molecular weight excluding hydrogens is 193 g/mol. The van der Waals surface area contributed by atoms with Crippen molar-refractivity contribution >= 4 is 0 Å². The van der Waals surface area contributed by atoms with Crippen molar-refractivity contribution in [3.05, 3.63) is 29.6 Å². The SMILES string of the molecule is C#CCNCCOc1ccc(F)c(C)c1. The molecule has 80 valence electrons. The molecule has 1 rings (SSSR count). The summed E-state index contributed by atoms with van der Waals surface area (Å²) in [7, 11) is 0. The van der Waals surface area contributed by atoms with Crippen LogP contribution in [0.25, 0.3) is 0 Å². The summed E-state index contributed by atoms with van der Waals surface area (Å²) in [6.45, 7) is 3.44.